The van der Waals surface area contributed by atoms with Crippen LogP contribution in [0.15, 0.2) is 45.5 Å². The van der Waals surface area contributed by atoms with E-state index in [0.717, 1.165) is 12.2 Å². The van der Waals surface area contributed by atoms with Gasteiger partial charge in [0.15, 0.2) is 10.4 Å². The molecule has 1 heterocycles. The van der Waals surface area contributed by atoms with Crippen LogP contribution in [-0.2, 0) is 0 Å². The maximum Gasteiger partial charge on any atom is 0.291 e. The number of hydrogen-bond donors (Lipinski definition) is 1. The molecule has 1 atom stereocenters. The van der Waals surface area contributed by atoms with Crippen molar-refractivity contribution in [2.75, 3.05) is 5.32 Å². The molecule has 1 N–H and O–H groups in total. The summed E-state index contributed by atoms with van der Waals surface area (Å²) in [6.45, 7) is 4.09. The van der Waals surface area contributed by atoms with Gasteiger partial charge in [-0.05, 0) is 65.7 Å². The Kier molecular flexibility index (Phi) is 4.84. The van der Waals surface area contributed by atoms with Crippen LogP contribution in [-0.4, -0.2) is 12.0 Å². The van der Waals surface area contributed by atoms with Crippen molar-refractivity contribution in [3.8, 4) is 5.75 Å². The lowest BCUT2D eigenvalue weighted by molar-refractivity contribution is 0.0995. The lowest BCUT2D eigenvalue weighted by atomic mass is 10.2. The van der Waals surface area contributed by atoms with Crippen molar-refractivity contribution >= 4 is 27.5 Å². The molecule has 2 aromatic rings. The van der Waals surface area contributed by atoms with E-state index >= 15 is 0 Å². The van der Waals surface area contributed by atoms with Crippen LogP contribution in [0.3, 0.4) is 0 Å². The molecule has 20 heavy (non-hydrogen) atoms. The Morgan fingerprint density at radius 3 is 2.55 bits per heavy atom. The molecule has 0 aliphatic heterocycles. The molecule has 2 rings (SSSR count). The zero-order valence-corrected chi connectivity index (χ0v) is 12.9. The third-order valence-corrected chi connectivity index (χ3v) is 3.25. The first-order valence-electron chi connectivity index (χ1n) is 6.42. The molecule has 0 bridgehead atoms. The molecule has 1 unspecified atom stereocenters. The second-order valence-electron chi connectivity index (χ2n) is 4.42. The van der Waals surface area contributed by atoms with Crippen LogP contribution in [0.25, 0.3) is 0 Å². The number of benzene rings is 1. The molecule has 1 aromatic carbocycles. The summed E-state index contributed by atoms with van der Waals surface area (Å²) in [7, 11) is 0. The molecule has 106 valence electrons. The fourth-order valence-corrected chi connectivity index (χ4v) is 1.87. The highest BCUT2D eigenvalue weighted by Gasteiger charge is 2.10. The summed E-state index contributed by atoms with van der Waals surface area (Å²) in [4.78, 5) is 11.9. The number of anilines is 1. The number of furan rings is 1. The van der Waals surface area contributed by atoms with Crippen molar-refractivity contribution in [2.24, 2.45) is 0 Å². The van der Waals surface area contributed by atoms with E-state index < -0.39 is 0 Å². The predicted molar refractivity (Wildman–Crippen MR) is 81.2 cm³/mol. The van der Waals surface area contributed by atoms with E-state index in [1.54, 1.807) is 24.3 Å². The van der Waals surface area contributed by atoms with Crippen LogP contribution in [0.2, 0.25) is 0 Å². The van der Waals surface area contributed by atoms with Crippen molar-refractivity contribution in [3.05, 3.63) is 46.8 Å². The Morgan fingerprint density at radius 2 is 2.00 bits per heavy atom. The number of amides is 1. The van der Waals surface area contributed by atoms with Crippen LogP contribution in [0, 0.1) is 0 Å². The minimum atomic E-state index is -0.286. The second-order valence-corrected chi connectivity index (χ2v) is 5.20. The fourth-order valence-electron chi connectivity index (χ4n) is 1.56. The number of halogens is 1. The Hall–Kier alpha value is -1.75. The molecule has 0 aliphatic rings. The lowest BCUT2D eigenvalue weighted by Gasteiger charge is -2.12. The number of carbonyl (C=O) groups is 1. The minimum Gasteiger partial charge on any atom is -0.491 e. The predicted octanol–water partition coefficient (Wildman–Crippen LogP) is 4.47. The molecule has 0 spiro atoms. The summed E-state index contributed by atoms with van der Waals surface area (Å²) in [5.41, 5.74) is 0.694. The van der Waals surface area contributed by atoms with Crippen LogP contribution in [0.5, 0.6) is 5.75 Å². The van der Waals surface area contributed by atoms with Gasteiger partial charge in [0.05, 0.1) is 6.10 Å². The van der Waals surface area contributed by atoms with Crippen LogP contribution < -0.4 is 10.1 Å². The average Bonchev–Trinajstić information content (AvgIpc) is 2.87. The van der Waals surface area contributed by atoms with Gasteiger partial charge in [-0.1, -0.05) is 6.92 Å². The maximum atomic E-state index is 11.9. The van der Waals surface area contributed by atoms with Gasteiger partial charge in [-0.25, -0.2) is 0 Å². The average molecular weight is 338 g/mol. The normalized spacial score (nSPS) is 11.9. The van der Waals surface area contributed by atoms with Gasteiger partial charge in [0, 0.05) is 5.69 Å². The Labute approximate surface area is 126 Å². The number of ether oxygens (including phenoxy) is 1. The van der Waals surface area contributed by atoms with Gasteiger partial charge in [0.25, 0.3) is 5.91 Å². The van der Waals surface area contributed by atoms with Gasteiger partial charge in [-0.3, -0.25) is 4.79 Å². The summed E-state index contributed by atoms with van der Waals surface area (Å²) in [5, 5.41) is 2.76. The van der Waals surface area contributed by atoms with E-state index in [2.05, 4.69) is 28.2 Å². The SMILES string of the molecule is CCC(C)Oc1ccc(NC(=O)c2ccc(Br)o2)cc1. The lowest BCUT2D eigenvalue weighted by Crippen LogP contribution is -2.11. The second kappa shape index (κ2) is 6.61. The first kappa shape index (κ1) is 14.7. The van der Waals surface area contributed by atoms with Gasteiger partial charge in [-0.2, -0.15) is 0 Å². The molecule has 0 saturated heterocycles. The standard InChI is InChI=1S/C15H16BrNO3/c1-3-10(2)19-12-6-4-11(5-7-12)17-15(18)13-8-9-14(16)20-13/h4-10H,3H2,1-2H3,(H,17,18). The zero-order chi connectivity index (χ0) is 14.5. The van der Waals surface area contributed by atoms with E-state index in [0.29, 0.717) is 10.4 Å². The van der Waals surface area contributed by atoms with Crippen LogP contribution in [0.4, 0.5) is 5.69 Å². The Bertz CT molecular complexity index is 577. The summed E-state index contributed by atoms with van der Waals surface area (Å²) in [6, 6.07) is 10.6. The summed E-state index contributed by atoms with van der Waals surface area (Å²) in [6.07, 6.45) is 1.13. The number of hydrogen-bond acceptors (Lipinski definition) is 3. The van der Waals surface area contributed by atoms with Crippen molar-refractivity contribution in [2.45, 2.75) is 26.4 Å². The molecular weight excluding hydrogens is 322 g/mol. The molecule has 0 aliphatic carbocycles. The minimum absolute atomic E-state index is 0.177. The molecule has 0 fully saturated rings. The van der Waals surface area contributed by atoms with Crippen molar-refractivity contribution in [3.63, 3.8) is 0 Å². The van der Waals surface area contributed by atoms with Crippen LogP contribution in [0.1, 0.15) is 30.8 Å². The van der Waals surface area contributed by atoms with E-state index in [-0.39, 0.29) is 17.8 Å². The maximum absolute atomic E-state index is 11.9. The van der Waals surface area contributed by atoms with Gasteiger partial charge < -0.3 is 14.5 Å². The van der Waals surface area contributed by atoms with E-state index in [9.17, 15) is 4.79 Å². The van der Waals surface area contributed by atoms with Crippen LogP contribution >= 0.6 is 15.9 Å². The van der Waals surface area contributed by atoms with E-state index in [1.807, 2.05) is 19.1 Å². The van der Waals surface area contributed by atoms with E-state index in [4.69, 9.17) is 9.15 Å². The zero-order valence-electron chi connectivity index (χ0n) is 11.4. The molecule has 0 radical (unpaired) electrons. The largest absolute Gasteiger partial charge is 0.491 e. The highest BCUT2D eigenvalue weighted by atomic mass is 79.9. The third-order valence-electron chi connectivity index (χ3n) is 2.82. The molecule has 4 nitrogen and oxygen atoms in total. The van der Waals surface area contributed by atoms with Crippen molar-refractivity contribution in [1.29, 1.82) is 0 Å². The first-order chi connectivity index (χ1) is 9.58. The Balaban J connectivity index is 1.98. The fraction of sp³-hybridized carbons (Fsp3) is 0.267. The third kappa shape index (κ3) is 3.87. The Morgan fingerprint density at radius 1 is 1.30 bits per heavy atom. The van der Waals surface area contributed by atoms with Crippen molar-refractivity contribution in [1.82, 2.24) is 0 Å². The molecular formula is C15H16BrNO3. The first-order valence-corrected chi connectivity index (χ1v) is 7.21. The van der Waals surface area contributed by atoms with Gasteiger partial charge in [-0.15, -0.1) is 0 Å². The number of nitrogens with one attached hydrogen (secondary N) is 1. The summed E-state index contributed by atoms with van der Waals surface area (Å²) < 4.78 is 11.4. The van der Waals surface area contributed by atoms with Gasteiger partial charge in [0.2, 0.25) is 0 Å². The summed E-state index contributed by atoms with van der Waals surface area (Å²) in [5.74, 6) is 0.765. The molecule has 1 amide bonds. The topological polar surface area (TPSA) is 51.5 Å². The number of rotatable bonds is 5. The van der Waals surface area contributed by atoms with Gasteiger partial charge >= 0.3 is 0 Å². The molecule has 5 heteroatoms. The number of carbonyl (C=O) groups excluding carboxylic acids is 1. The van der Waals surface area contributed by atoms with Crippen molar-refractivity contribution < 1.29 is 13.9 Å². The molecule has 0 saturated carbocycles. The summed E-state index contributed by atoms with van der Waals surface area (Å²) >= 11 is 3.16. The quantitative estimate of drug-likeness (QED) is 0.875. The highest BCUT2D eigenvalue weighted by Crippen LogP contribution is 2.19. The van der Waals surface area contributed by atoms with Gasteiger partial charge in [0.1, 0.15) is 5.75 Å². The smallest absolute Gasteiger partial charge is 0.291 e. The molecule has 1 aromatic heterocycles. The highest BCUT2D eigenvalue weighted by molar-refractivity contribution is 9.10. The van der Waals surface area contributed by atoms with E-state index in [1.165, 1.54) is 0 Å². The monoisotopic (exact) mass is 337 g/mol.